The first-order valence-electron chi connectivity index (χ1n) is 8.31. The van der Waals surface area contributed by atoms with Crippen LogP contribution in [0.3, 0.4) is 0 Å². The van der Waals surface area contributed by atoms with Gasteiger partial charge in [0.05, 0.1) is 5.69 Å². The van der Waals surface area contributed by atoms with Crippen molar-refractivity contribution in [2.45, 2.75) is 44.9 Å². The van der Waals surface area contributed by atoms with Gasteiger partial charge in [0.1, 0.15) is 5.56 Å². The Morgan fingerprint density at radius 3 is 2.71 bits per heavy atom. The first kappa shape index (κ1) is 16.9. The Balaban J connectivity index is 1.85. The number of nitrogens with zero attached hydrogens (tertiary/aromatic N) is 2. The third-order valence-corrected chi connectivity index (χ3v) is 6.26. The van der Waals surface area contributed by atoms with Crippen molar-refractivity contribution < 1.29 is 4.79 Å². The summed E-state index contributed by atoms with van der Waals surface area (Å²) in [6, 6.07) is 4.22. The smallest absolute Gasteiger partial charge is 0.279 e. The summed E-state index contributed by atoms with van der Waals surface area (Å²) in [5, 5.41) is 9.25. The minimum absolute atomic E-state index is 0.0189. The minimum Gasteiger partial charge on any atom is -0.351 e. The Labute approximate surface area is 145 Å². The van der Waals surface area contributed by atoms with E-state index >= 15 is 0 Å². The number of rotatable bonds is 4. The second-order valence-electron chi connectivity index (χ2n) is 6.66. The fourth-order valence-electron chi connectivity index (χ4n) is 3.60. The second-order valence-corrected chi connectivity index (χ2v) is 7.61. The molecule has 1 aliphatic carbocycles. The molecule has 0 radical (unpaired) electrons. The normalized spacial score (nSPS) is 16.3. The Hall–Kier alpha value is -1.95. The molecule has 2 heterocycles. The highest BCUT2D eigenvalue weighted by molar-refractivity contribution is 7.10. The van der Waals surface area contributed by atoms with E-state index in [4.69, 9.17) is 0 Å². The molecule has 2 aromatic heterocycles. The number of amides is 1. The molecule has 0 bridgehead atoms. The molecule has 0 aromatic carbocycles. The van der Waals surface area contributed by atoms with E-state index < -0.39 is 0 Å². The van der Waals surface area contributed by atoms with Crippen molar-refractivity contribution in [1.29, 1.82) is 0 Å². The van der Waals surface area contributed by atoms with Gasteiger partial charge in [-0.05, 0) is 43.7 Å². The molecular weight excluding hydrogens is 322 g/mol. The molecule has 5 nitrogen and oxygen atoms in total. The Kier molecular flexibility index (Phi) is 4.58. The van der Waals surface area contributed by atoms with Gasteiger partial charge in [-0.15, -0.1) is 11.3 Å². The quantitative estimate of drug-likeness (QED) is 0.927. The number of carbonyl (C=O) groups excluding carboxylic acids is 1. The molecule has 1 fully saturated rings. The van der Waals surface area contributed by atoms with Gasteiger partial charge in [0.25, 0.3) is 11.5 Å². The van der Waals surface area contributed by atoms with Gasteiger partial charge in [-0.2, -0.15) is 5.10 Å². The number of hydrogen-bond acceptors (Lipinski definition) is 4. The summed E-state index contributed by atoms with van der Waals surface area (Å²) < 4.78 is 1.24. The van der Waals surface area contributed by atoms with Crippen LogP contribution < -0.4 is 10.9 Å². The summed E-state index contributed by atoms with van der Waals surface area (Å²) in [5.74, 6) is -0.290. The Morgan fingerprint density at radius 1 is 1.38 bits per heavy atom. The molecule has 0 aliphatic heterocycles. The molecule has 3 rings (SSSR count). The standard InChI is InChI=1S/C18H23N3O2S/c1-12-13(2)20-21(3)17(23)15(12)16(22)19-11-18(8-4-5-9-18)14-7-6-10-24-14/h6-7,10H,4-5,8-9,11H2,1-3H3,(H,19,22). The minimum atomic E-state index is -0.341. The van der Waals surface area contributed by atoms with Crippen molar-refractivity contribution in [3.05, 3.63) is 49.6 Å². The van der Waals surface area contributed by atoms with Crippen molar-refractivity contribution >= 4 is 17.2 Å². The SMILES string of the molecule is Cc1nn(C)c(=O)c(C(=O)NCC2(c3cccs3)CCCC2)c1C. The topological polar surface area (TPSA) is 64.0 Å². The van der Waals surface area contributed by atoms with Crippen LogP contribution in [0.5, 0.6) is 0 Å². The van der Waals surface area contributed by atoms with Crippen LogP contribution >= 0.6 is 11.3 Å². The highest BCUT2D eigenvalue weighted by atomic mass is 32.1. The molecule has 2 aromatic rings. The average Bonchev–Trinajstić information content (AvgIpc) is 3.23. The summed E-state index contributed by atoms with van der Waals surface area (Å²) in [6.07, 6.45) is 4.53. The predicted octanol–water partition coefficient (Wildman–Crippen LogP) is 2.70. The Bertz CT molecular complexity index is 802. The van der Waals surface area contributed by atoms with Crippen LogP contribution in [-0.4, -0.2) is 22.2 Å². The molecule has 6 heteroatoms. The summed E-state index contributed by atoms with van der Waals surface area (Å²) in [4.78, 5) is 26.4. The average molecular weight is 345 g/mol. The molecule has 0 spiro atoms. The maximum Gasteiger partial charge on any atom is 0.279 e. The third-order valence-electron chi connectivity index (χ3n) is 5.14. The first-order valence-corrected chi connectivity index (χ1v) is 9.19. The van der Waals surface area contributed by atoms with Gasteiger partial charge in [-0.1, -0.05) is 18.9 Å². The van der Waals surface area contributed by atoms with Crippen LogP contribution in [0.1, 0.15) is 52.2 Å². The summed E-state index contributed by atoms with van der Waals surface area (Å²) in [7, 11) is 1.58. The number of thiophene rings is 1. The molecule has 0 saturated heterocycles. The van der Waals surface area contributed by atoms with E-state index in [1.54, 1.807) is 25.3 Å². The van der Waals surface area contributed by atoms with Gasteiger partial charge in [-0.3, -0.25) is 9.59 Å². The largest absolute Gasteiger partial charge is 0.351 e. The molecule has 0 unspecified atom stereocenters. The highest BCUT2D eigenvalue weighted by Gasteiger charge is 2.37. The summed E-state index contributed by atoms with van der Waals surface area (Å²) in [6.45, 7) is 4.18. The molecule has 0 atom stereocenters. The molecule has 1 amide bonds. The van der Waals surface area contributed by atoms with E-state index in [-0.39, 0.29) is 22.4 Å². The molecule has 1 saturated carbocycles. The zero-order chi connectivity index (χ0) is 17.3. The fourth-order valence-corrected chi connectivity index (χ4v) is 4.58. The second kappa shape index (κ2) is 6.51. The van der Waals surface area contributed by atoms with Gasteiger partial charge < -0.3 is 5.32 Å². The van der Waals surface area contributed by atoms with E-state index in [9.17, 15) is 9.59 Å². The van der Waals surface area contributed by atoms with Crippen molar-refractivity contribution in [3.8, 4) is 0 Å². The predicted molar refractivity (Wildman–Crippen MR) is 95.8 cm³/mol. The number of nitrogens with one attached hydrogen (secondary N) is 1. The van der Waals surface area contributed by atoms with Crippen LogP contribution in [0.2, 0.25) is 0 Å². The lowest BCUT2D eigenvalue weighted by Crippen LogP contribution is -2.41. The molecule has 1 N–H and O–H groups in total. The number of aromatic nitrogens is 2. The van der Waals surface area contributed by atoms with E-state index in [0.29, 0.717) is 17.8 Å². The molecular formula is C18H23N3O2S. The van der Waals surface area contributed by atoms with Gasteiger partial charge in [-0.25, -0.2) is 4.68 Å². The monoisotopic (exact) mass is 345 g/mol. The zero-order valence-electron chi connectivity index (χ0n) is 14.4. The van der Waals surface area contributed by atoms with Crippen LogP contribution in [-0.2, 0) is 12.5 Å². The van der Waals surface area contributed by atoms with Crippen molar-refractivity contribution in [1.82, 2.24) is 15.1 Å². The number of aryl methyl sites for hydroxylation is 2. The van der Waals surface area contributed by atoms with E-state index in [1.165, 1.54) is 22.4 Å². The van der Waals surface area contributed by atoms with Crippen LogP contribution in [0.15, 0.2) is 22.3 Å². The Morgan fingerprint density at radius 2 is 2.08 bits per heavy atom. The van der Waals surface area contributed by atoms with Gasteiger partial charge in [0.2, 0.25) is 0 Å². The van der Waals surface area contributed by atoms with Crippen molar-refractivity contribution in [2.24, 2.45) is 7.05 Å². The lowest BCUT2D eigenvalue weighted by molar-refractivity contribution is 0.0940. The highest BCUT2D eigenvalue weighted by Crippen LogP contribution is 2.42. The van der Waals surface area contributed by atoms with Gasteiger partial charge in [0.15, 0.2) is 0 Å². The van der Waals surface area contributed by atoms with Crippen molar-refractivity contribution in [3.63, 3.8) is 0 Å². The van der Waals surface area contributed by atoms with E-state index in [0.717, 1.165) is 12.8 Å². The van der Waals surface area contributed by atoms with Gasteiger partial charge in [0, 0.05) is 23.9 Å². The third kappa shape index (κ3) is 2.90. The zero-order valence-corrected chi connectivity index (χ0v) is 15.2. The molecule has 24 heavy (non-hydrogen) atoms. The van der Waals surface area contributed by atoms with Crippen molar-refractivity contribution in [2.75, 3.05) is 6.54 Å². The molecule has 128 valence electrons. The van der Waals surface area contributed by atoms with E-state index in [1.807, 2.05) is 6.92 Å². The maximum absolute atomic E-state index is 12.7. The lowest BCUT2D eigenvalue weighted by Gasteiger charge is -2.28. The molecule has 1 aliphatic rings. The number of hydrogen-bond donors (Lipinski definition) is 1. The summed E-state index contributed by atoms with van der Waals surface area (Å²) in [5.41, 5.74) is 1.25. The van der Waals surface area contributed by atoms with Crippen LogP contribution in [0.4, 0.5) is 0 Å². The number of carbonyl (C=O) groups is 1. The van der Waals surface area contributed by atoms with Gasteiger partial charge >= 0.3 is 0 Å². The maximum atomic E-state index is 12.7. The summed E-state index contributed by atoms with van der Waals surface area (Å²) >= 11 is 1.75. The van der Waals surface area contributed by atoms with Crippen LogP contribution in [0, 0.1) is 13.8 Å². The fraction of sp³-hybridized carbons (Fsp3) is 0.500. The van der Waals surface area contributed by atoms with E-state index in [2.05, 4.69) is 27.9 Å². The first-order chi connectivity index (χ1) is 11.4. The van der Waals surface area contributed by atoms with Crippen LogP contribution in [0.25, 0.3) is 0 Å². The lowest BCUT2D eigenvalue weighted by atomic mass is 9.84.